The molecule has 9 atom stereocenters. The molecule has 4 unspecified atom stereocenters. The van der Waals surface area contributed by atoms with Gasteiger partial charge in [0.25, 0.3) is 0 Å². The van der Waals surface area contributed by atoms with Gasteiger partial charge in [-0.05, 0) is 97.7 Å². The van der Waals surface area contributed by atoms with E-state index in [4.69, 9.17) is 0 Å². The van der Waals surface area contributed by atoms with Crippen molar-refractivity contribution in [1.82, 2.24) is 0 Å². The van der Waals surface area contributed by atoms with Crippen LogP contribution in [0, 0.1) is 46.3 Å². The van der Waals surface area contributed by atoms with E-state index in [-0.39, 0.29) is 6.10 Å². The zero-order valence-electron chi connectivity index (χ0n) is 19.1. The van der Waals surface area contributed by atoms with Crippen LogP contribution in [0.15, 0.2) is 23.8 Å². The second-order valence-corrected chi connectivity index (χ2v) is 11.5. The van der Waals surface area contributed by atoms with Crippen LogP contribution < -0.4 is 0 Å². The summed E-state index contributed by atoms with van der Waals surface area (Å²) < 4.78 is 0. The summed E-state index contributed by atoms with van der Waals surface area (Å²) in [7, 11) is 0. The number of hydrogen-bond donors (Lipinski definition) is 1. The molecule has 4 aliphatic carbocycles. The molecule has 0 aromatic heterocycles. The lowest BCUT2D eigenvalue weighted by molar-refractivity contribution is -0.0540. The van der Waals surface area contributed by atoms with Gasteiger partial charge in [-0.2, -0.15) is 0 Å². The molecule has 0 aromatic carbocycles. The predicted octanol–water partition coefficient (Wildman–Crippen LogP) is 7.16. The van der Waals surface area contributed by atoms with Gasteiger partial charge in [-0.1, -0.05) is 64.8 Å². The lowest BCUT2D eigenvalue weighted by atomic mass is 9.47. The molecule has 0 radical (unpaired) electrons. The fourth-order valence-corrected chi connectivity index (χ4v) is 8.18. The van der Waals surface area contributed by atoms with E-state index in [2.05, 4.69) is 52.8 Å². The fraction of sp³-hybridized carbons (Fsp3) is 0.852. The molecule has 28 heavy (non-hydrogen) atoms. The number of allylic oxidation sites excluding steroid dienone is 3. The average molecular weight is 385 g/mol. The largest absolute Gasteiger partial charge is 0.393 e. The van der Waals surface area contributed by atoms with Crippen molar-refractivity contribution in [1.29, 1.82) is 0 Å². The molecule has 3 fully saturated rings. The molecule has 0 heterocycles. The minimum Gasteiger partial charge on any atom is -0.393 e. The zero-order chi connectivity index (χ0) is 20.1. The number of rotatable bonds is 4. The van der Waals surface area contributed by atoms with Crippen molar-refractivity contribution in [2.24, 2.45) is 46.3 Å². The Bertz CT molecular complexity index is 632. The van der Waals surface area contributed by atoms with Crippen molar-refractivity contribution in [3.63, 3.8) is 0 Å². The first-order chi connectivity index (χ1) is 13.3. The highest BCUT2D eigenvalue weighted by atomic mass is 16.3. The van der Waals surface area contributed by atoms with E-state index in [0.29, 0.717) is 16.7 Å². The molecule has 0 spiro atoms. The maximum Gasteiger partial charge on any atom is 0.0577 e. The smallest absolute Gasteiger partial charge is 0.0577 e. The number of aliphatic hydroxyl groups is 1. The second kappa shape index (κ2) is 7.60. The maximum atomic E-state index is 10.2. The van der Waals surface area contributed by atoms with E-state index in [1.807, 2.05) is 0 Å². The molecule has 0 aliphatic heterocycles. The van der Waals surface area contributed by atoms with Crippen LogP contribution in [-0.4, -0.2) is 11.2 Å². The first-order valence-electron chi connectivity index (χ1n) is 12.4. The van der Waals surface area contributed by atoms with Gasteiger partial charge in [-0.3, -0.25) is 0 Å². The SMILES string of the molecule is CC[C@H](C)/C=C/C(C)[C@H]1CCC2C3CC=C4C[C@@H](O)CC[C@]4(C)C3CC[C@@]21C. The Kier molecular flexibility index (Phi) is 5.62. The van der Waals surface area contributed by atoms with Crippen LogP contribution >= 0.6 is 0 Å². The van der Waals surface area contributed by atoms with E-state index in [0.717, 1.165) is 42.4 Å². The van der Waals surface area contributed by atoms with Crippen molar-refractivity contribution in [2.75, 3.05) is 0 Å². The number of hydrogen-bond acceptors (Lipinski definition) is 1. The summed E-state index contributed by atoms with van der Waals surface area (Å²) in [6.45, 7) is 12.3. The molecular formula is C27H44O. The van der Waals surface area contributed by atoms with E-state index in [9.17, 15) is 5.11 Å². The Hall–Kier alpha value is -0.560. The topological polar surface area (TPSA) is 20.2 Å². The van der Waals surface area contributed by atoms with Gasteiger partial charge in [0.15, 0.2) is 0 Å². The van der Waals surface area contributed by atoms with Crippen molar-refractivity contribution >= 4 is 0 Å². The molecule has 0 amide bonds. The molecule has 4 aliphatic rings. The van der Waals surface area contributed by atoms with Gasteiger partial charge >= 0.3 is 0 Å². The molecule has 1 N–H and O–H groups in total. The summed E-state index contributed by atoms with van der Waals surface area (Å²) in [4.78, 5) is 0. The monoisotopic (exact) mass is 384 g/mol. The minimum absolute atomic E-state index is 0.0845. The van der Waals surface area contributed by atoms with Gasteiger partial charge in [0.05, 0.1) is 6.10 Å². The Morgan fingerprint density at radius 2 is 1.86 bits per heavy atom. The molecular weight excluding hydrogens is 340 g/mol. The fourth-order valence-electron chi connectivity index (χ4n) is 8.18. The summed E-state index contributed by atoms with van der Waals surface area (Å²) in [6, 6.07) is 0. The van der Waals surface area contributed by atoms with E-state index >= 15 is 0 Å². The Morgan fingerprint density at radius 3 is 2.61 bits per heavy atom. The van der Waals surface area contributed by atoms with E-state index in [1.54, 1.807) is 5.57 Å². The predicted molar refractivity (Wildman–Crippen MR) is 119 cm³/mol. The third kappa shape index (κ3) is 3.24. The summed E-state index contributed by atoms with van der Waals surface area (Å²) in [5.74, 6) is 4.96. The van der Waals surface area contributed by atoms with Gasteiger partial charge < -0.3 is 5.11 Å². The molecule has 0 aromatic rings. The van der Waals surface area contributed by atoms with Crippen LogP contribution in [0.25, 0.3) is 0 Å². The van der Waals surface area contributed by atoms with Crippen LogP contribution in [0.3, 0.4) is 0 Å². The lowest BCUT2D eigenvalue weighted by Crippen LogP contribution is -2.50. The zero-order valence-corrected chi connectivity index (χ0v) is 19.1. The normalized spacial score (nSPS) is 47.8. The Labute approximate surface area is 174 Å². The molecule has 158 valence electrons. The van der Waals surface area contributed by atoms with Crippen molar-refractivity contribution in [3.05, 3.63) is 23.8 Å². The average Bonchev–Trinajstić information content (AvgIpc) is 3.03. The highest BCUT2D eigenvalue weighted by Crippen LogP contribution is 2.67. The summed E-state index contributed by atoms with van der Waals surface area (Å²) >= 11 is 0. The van der Waals surface area contributed by atoms with Crippen molar-refractivity contribution < 1.29 is 5.11 Å². The van der Waals surface area contributed by atoms with Crippen molar-refractivity contribution in [2.45, 2.75) is 98.5 Å². The van der Waals surface area contributed by atoms with Crippen LogP contribution in [0.2, 0.25) is 0 Å². The number of fused-ring (bicyclic) bond motifs is 5. The van der Waals surface area contributed by atoms with Crippen LogP contribution in [0.4, 0.5) is 0 Å². The third-order valence-electron chi connectivity index (χ3n) is 10.2. The first-order valence-corrected chi connectivity index (χ1v) is 12.4. The Morgan fingerprint density at radius 1 is 1.07 bits per heavy atom. The lowest BCUT2D eigenvalue weighted by Gasteiger charge is -2.58. The molecule has 1 nitrogen and oxygen atoms in total. The quantitative estimate of drug-likeness (QED) is 0.510. The van der Waals surface area contributed by atoms with Crippen LogP contribution in [-0.2, 0) is 0 Å². The highest BCUT2D eigenvalue weighted by Gasteiger charge is 2.58. The minimum atomic E-state index is -0.0845. The Balaban J connectivity index is 1.54. The van der Waals surface area contributed by atoms with E-state index < -0.39 is 0 Å². The summed E-state index contributed by atoms with van der Waals surface area (Å²) in [5, 5.41) is 10.2. The first kappa shape index (κ1) is 20.7. The third-order valence-corrected chi connectivity index (χ3v) is 10.2. The van der Waals surface area contributed by atoms with Gasteiger partial charge in [0.1, 0.15) is 0 Å². The standard InChI is InChI=1S/C27H44O/c1-6-18(2)7-8-19(3)23-11-12-24-22-10-9-20-17-21(28)13-15-26(20,4)25(22)14-16-27(23,24)5/h7-9,18-19,21-25,28H,6,10-17H2,1-5H3/b8-7+/t18-,19?,21-,22?,23+,24?,25?,26-,27+/m0/s1. The van der Waals surface area contributed by atoms with Crippen molar-refractivity contribution in [3.8, 4) is 0 Å². The van der Waals surface area contributed by atoms with Gasteiger partial charge in [-0.25, -0.2) is 0 Å². The van der Waals surface area contributed by atoms with E-state index in [1.165, 1.54) is 44.9 Å². The van der Waals surface area contributed by atoms with Crippen LogP contribution in [0.5, 0.6) is 0 Å². The van der Waals surface area contributed by atoms with Gasteiger partial charge in [0, 0.05) is 0 Å². The second-order valence-electron chi connectivity index (χ2n) is 11.5. The van der Waals surface area contributed by atoms with Gasteiger partial charge in [-0.15, -0.1) is 0 Å². The highest BCUT2D eigenvalue weighted by molar-refractivity contribution is 5.25. The van der Waals surface area contributed by atoms with Gasteiger partial charge in [0.2, 0.25) is 0 Å². The maximum absolute atomic E-state index is 10.2. The molecule has 0 saturated heterocycles. The molecule has 0 bridgehead atoms. The molecule has 1 heteroatoms. The summed E-state index contributed by atoms with van der Waals surface area (Å²) in [6.07, 6.45) is 19.0. The summed E-state index contributed by atoms with van der Waals surface area (Å²) in [5.41, 5.74) is 2.52. The molecule has 4 rings (SSSR count). The number of aliphatic hydroxyl groups excluding tert-OH is 1. The van der Waals surface area contributed by atoms with Crippen LogP contribution in [0.1, 0.15) is 92.4 Å². The molecule has 3 saturated carbocycles.